The molecule has 1 aromatic rings. The molecule has 0 aliphatic rings. The summed E-state index contributed by atoms with van der Waals surface area (Å²) in [5, 5.41) is 0. The summed E-state index contributed by atoms with van der Waals surface area (Å²) >= 11 is 3.38. The maximum Gasteiger partial charge on any atom is 0.0361 e. The van der Waals surface area contributed by atoms with Crippen LogP contribution in [-0.2, 0) is 0 Å². The Hall–Kier alpha value is -0.210. The molecule has 0 aliphatic heterocycles. The van der Waals surface area contributed by atoms with Gasteiger partial charge in [-0.1, -0.05) is 15.9 Å². The molecule has 0 radical (unpaired) electrons. The van der Waals surface area contributed by atoms with Gasteiger partial charge in [0, 0.05) is 24.3 Å². The molecular weight excluding hydrogens is 225 g/mol. The van der Waals surface area contributed by atoms with Crippen molar-refractivity contribution in [2.24, 2.45) is 0 Å². The molecule has 0 atom stereocenters. The van der Waals surface area contributed by atoms with E-state index >= 15 is 0 Å². The lowest BCUT2D eigenvalue weighted by atomic mass is 10.3. The number of hydrogen-bond acceptors (Lipinski definition) is 1. The van der Waals surface area contributed by atoms with Gasteiger partial charge >= 0.3 is 0 Å². The highest BCUT2D eigenvalue weighted by atomic mass is 79.9. The molecule has 0 amide bonds. The minimum absolute atomic E-state index is 0. The Balaban J connectivity index is 0.000001000. The average Bonchev–Trinajstić information content (AvgIpc) is 1.88. The van der Waals surface area contributed by atoms with Gasteiger partial charge in [-0.05, 0) is 24.3 Å². The van der Waals surface area contributed by atoms with Crippen LogP contribution >= 0.6 is 28.3 Å². The summed E-state index contributed by atoms with van der Waals surface area (Å²) in [4.78, 5) is 2.08. The number of hydrogen-bond donors (Lipinski definition) is 0. The summed E-state index contributed by atoms with van der Waals surface area (Å²) < 4.78 is 1.12. The van der Waals surface area contributed by atoms with Gasteiger partial charge in [-0.2, -0.15) is 0 Å². The Morgan fingerprint density at radius 1 is 1.09 bits per heavy atom. The van der Waals surface area contributed by atoms with Crippen LogP contribution in [-0.4, -0.2) is 14.1 Å². The second-order valence-corrected chi connectivity index (χ2v) is 3.29. The summed E-state index contributed by atoms with van der Waals surface area (Å²) in [6.07, 6.45) is 0. The van der Waals surface area contributed by atoms with Crippen molar-refractivity contribution in [2.75, 3.05) is 19.0 Å². The Morgan fingerprint density at radius 2 is 1.55 bits per heavy atom. The first-order chi connectivity index (χ1) is 4.70. The maximum atomic E-state index is 3.38. The van der Waals surface area contributed by atoms with Crippen molar-refractivity contribution in [2.45, 2.75) is 0 Å². The van der Waals surface area contributed by atoms with Crippen LogP contribution in [0.1, 0.15) is 0 Å². The molecule has 0 aliphatic carbocycles. The molecule has 0 unspecified atom stereocenters. The average molecular weight is 237 g/mol. The molecule has 0 saturated heterocycles. The molecule has 0 heterocycles. The lowest BCUT2D eigenvalue weighted by Crippen LogP contribution is -2.07. The molecule has 0 bridgehead atoms. The van der Waals surface area contributed by atoms with Gasteiger partial charge in [0.2, 0.25) is 0 Å². The highest BCUT2D eigenvalue weighted by molar-refractivity contribution is 9.10. The zero-order valence-corrected chi connectivity index (χ0v) is 8.95. The van der Waals surface area contributed by atoms with Crippen LogP contribution in [0, 0.1) is 0 Å². The molecule has 0 fully saturated rings. The summed E-state index contributed by atoms with van der Waals surface area (Å²) in [5.41, 5.74) is 1.23. The van der Waals surface area contributed by atoms with Crippen LogP contribution in [0.25, 0.3) is 0 Å². The van der Waals surface area contributed by atoms with Gasteiger partial charge in [-0.3, -0.25) is 0 Å². The van der Waals surface area contributed by atoms with E-state index in [0.717, 1.165) is 4.47 Å². The largest absolute Gasteiger partial charge is 0.378 e. The first-order valence-electron chi connectivity index (χ1n) is 3.13. The highest BCUT2D eigenvalue weighted by Crippen LogP contribution is 2.15. The standard InChI is InChI=1S/C8H10BrN.ClH/c1-10(2)8-5-3-7(9)4-6-8;/h3-6H,1-2H3;1H. The third-order valence-corrected chi connectivity index (χ3v) is 1.87. The third kappa shape index (κ3) is 3.12. The van der Waals surface area contributed by atoms with Crippen molar-refractivity contribution in [3.05, 3.63) is 28.7 Å². The Kier molecular flexibility index (Phi) is 4.54. The lowest BCUT2D eigenvalue weighted by molar-refractivity contribution is 1.13. The predicted molar refractivity (Wildman–Crippen MR) is 55.7 cm³/mol. The van der Waals surface area contributed by atoms with Crippen molar-refractivity contribution in [3.63, 3.8) is 0 Å². The van der Waals surface area contributed by atoms with Crippen molar-refractivity contribution in [1.29, 1.82) is 0 Å². The molecule has 3 heteroatoms. The maximum absolute atomic E-state index is 3.38. The third-order valence-electron chi connectivity index (χ3n) is 1.34. The molecule has 11 heavy (non-hydrogen) atoms. The fourth-order valence-corrected chi connectivity index (χ4v) is 1.00. The molecule has 62 valence electrons. The van der Waals surface area contributed by atoms with Gasteiger partial charge in [-0.15, -0.1) is 12.4 Å². The molecule has 1 rings (SSSR count). The first kappa shape index (κ1) is 10.8. The quantitative estimate of drug-likeness (QED) is 0.725. The smallest absolute Gasteiger partial charge is 0.0361 e. The second-order valence-electron chi connectivity index (χ2n) is 2.37. The van der Waals surface area contributed by atoms with E-state index in [9.17, 15) is 0 Å². The van der Waals surface area contributed by atoms with Crippen LogP contribution < -0.4 is 4.90 Å². The van der Waals surface area contributed by atoms with Crippen molar-refractivity contribution in [1.82, 2.24) is 0 Å². The number of halogens is 2. The van der Waals surface area contributed by atoms with Gasteiger partial charge < -0.3 is 4.90 Å². The van der Waals surface area contributed by atoms with Crippen LogP contribution in [0.3, 0.4) is 0 Å². The van der Waals surface area contributed by atoms with Crippen molar-refractivity contribution >= 4 is 34.0 Å². The predicted octanol–water partition coefficient (Wildman–Crippen LogP) is 2.94. The number of anilines is 1. The molecular formula is C8H11BrClN. The monoisotopic (exact) mass is 235 g/mol. The Morgan fingerprint density at radius 3 is 1.91 bits per heavy atom. The van der Waals surface area contributed by atoms with Gasteiger partial charge in [0.25, 0.3) is 0 Å². The van der Waals surface area contributed by atoms with Crippen LogP contribution in [0.15, 0.2) is 28.7 Å². The highest BCUT2D eigenvalue weighted by Gasteiger charge is 1.91. The normalized spacial score (nSPS) is 8.64. The molecule has 1 nitrogen and oxygen atoms in total. The van der Waals surface area contributed by atoms with Crippen LogP contribution in [0.2, 0.25) is 0 Å². The fraction of sp³-hybridized carbons (Fsp3) is 0.250. The zero-order chi connectivity index (χ0) is 7.56. The fourth-order valence-electron chi connectivity index (χ4n) is 0.739. The summed E-state index contributed by atoms with van der Waals surface area (Å²) in [7, 11) is 4.06. The summed E-state index contributed by atoms with van der Waals surface area (Å²) in [5.74, 6) is 0. The molecule has 0 N–H and O–H groups in total. The van der Waals surface area contributed by atoms with E-state index in [1.165, 1.54) is 5.69 Å². The summed E-state index contributed by atoms with van der Waals surface area (Å²) in [6, 6.07) is 8.22. The van der Waals surface area contributed by atoms with E-state index < -0.39 is 0 Å². The zero-order valence-electron chi connectivity index (χ0n) is 6.54. The Bertz CT molecular complexity index is 208. The van der Waals surface area contributed by atoms with Crippen LogP contribution in [0.4, 0.5) is 5.69 Å². The molecule has 0 saturated carbocycles. The molecule has 0 spiro atoms. The van der Waals surface area contributed by atoms with E-state index in [-0.39, 0.29) is 12.4 Å². The first-order valence-corrected chi connectivity index (χ1v) is 3.92. The van der Waals surface area contributed by atoms with E-state index in [4.69, 9.17) is 0 Å². The van der Waals surface area contributed by atoms with E-state index in [0.29, 0.717) is 0 Å². The minimum Gasteiger partial charge on any atom is -0.378 e. The van der Waals surface area contributed by atoms with Gasteiger partial charge in [0.05, 0.1) is 0 Å². The lowest BCUT2D eigenvalue weighted by Gasteiger charge is -2.11. The number of rotatable bonds is 1. The van der Waals surface area contributed by atoms with Crippen molar-refractivity contribution in [3.8, 4) is 0 Å². The van der Waals surface area contributed by atoms with Crippen molar-refractivity contribution < 1.29 is 0 Å². The van der Waals surface area contributed by atoms with Gasteiger partial charge in [-0.25, -0.2) is 0 Å². The SMILES string of the molecule is CN(C)c1ccc(Br)cc1.Cl. The van der Waals surface area contributed by atoms with Gasteiger partial charge in [0.15, 0.2) is 0 Å². The number of benzene rings is 1. The van der Waals surface area contributed by atoms with E-state index in [2.05, 4.69) is 33.0 Å². The topological polar surface area (TPSA) is 3.24 Å². The minimum atomic E-state index is 0. The van der Waals surface area contributed by atoms with Crippen LogP contribution in [0.5, 0.6) is 0 Å². The molecule has 0 aromatic heterocycles. The summed E-state index contributed by atoms with van der Waals surface area (Å²) in [6.45, 7) is 0. The number of nitrogens with zero attached hydrogens (tertiary/aromatic N) is 1. The van der Waals surface area contributed by atoms with E-state index in [1.807, 2.05) is 26.2 Å². The second kappa shape index (κ2) is 4.62. The Labute approximate surface area is 81.9 Å². The van der Waals surface area contributed by atoms with E-state index in [1.54, 1.807) is 0 Å². The van der Waals surface area contributed by atoms with Gasteiger partial charge in [0.1, 0.15) is 0 Å². The molecule has 1 aromatic carbocycles.